The smallest absolute Gasteiger partial charge is 0.337 e. The Bertz CT molecular complexity index is 718. The largest absolute Gasteiger partial charge is 0.494 e. The van der Waals surface area contributed by atoms with Crippen molar-refractivity contribution in [1.29, 1.82) is 0 Å². The number of nitrogens with one attached hydrogen (secondary N) is 1. The molecule has 0 aliphatic heterocycles. The highest BCUT2D eigenvalue weighted by Gasteiger charge is 2.03. The third-order valence-corrected chi connectivity index (χ3v) is 3.19. The first-order valence-corrected chi connectivity index (χ1v) is 7.52. The minimum absolute atomic E-state index is 0.240. The minimum Gasteiger partial charge on any atom is -0.494 e. The zero-order valence-corrected chi connectivity index (χ0v) is 13.6. The van der Waals surface area contributed by atoms with E-state index in [-0.39, 0.29) is 5.91 Å². The average molecular weight is 325 g/mol. The number of carbonyl (C=O) groups is 2. The van der Waals surface area contributed by atoms with Crippen LogP contribution in [0.5, 0.6) is 5.75 Å². The van der Waals surface area contributed by atoms with E-state index in [1.807, 2.05) is 6.92 Å². The molecule has 0 aliphatic rings. The summed E-state index contributed by atoms with van der Waals surface area (Å²) in [6.45, 7) is 2.52. The molecule has 1 amide bonds. The van der Waals surface area contributed by atoms with Crippen LogP contribution in [0.15, 0.2) is 54.6 Å². The number of anilines is 1. The number of esters is 1. The highest BCUT2D eigenvalue weighted by Crippen LogP contribution is 2.15. The zero-order chi connectivity index (χ0) is 17.4. The fraction of sp³-hybridized carbons (Fsp3) is 0.158. The van der Waals surface area contributed by atoms with Gasteiger partial charge in [-0.2, -0.15) is 0 Å². The summed E-state index contributed by atoms with van der Waals surface area (Å²) in [6.07, 6.45) is 3.11. The zero-order valence-electron chi connectivity index (χ0n) is 13.6. The lowest BCUT2D eigenvalue weighted by Gasteiger charge is -2.05. The van der Waals surface area contributed by atoms with Gasteiger partial charge < -0.3 is 14.8 Å². The molecule has 0 saturated heterocycles. The van der Waals surface area contributed by atoms with E-state index in [0.29, 0.717) is 17.9 Å². The molecule has 0 fully saturated rings. The molecule has 0 radical (unpaired) electrons. The molecule has 2 aromatic carbocycles. The van der Waals surface area contributed by atoms with E-state index in [1.54, 1.807) is 54.6 Å². The predicted molar refractivity (Wildman–Crippen MR) is 93.1 cm³/mol. The average Bonchev–Trinajstić information content (AvgIpc) is 2.61. The van der Waals surface area contributed by atoms with Crippen LogP contribution in [0.3, 0.4) is 0 Å². The van der Waals surface area contributed by atoms with Gasteiger partial charge in [0.15, 0.2) is 0 Å². The molecule has 0 spiro atoms. The molecule has 5 heteroatoms. The summed E-state index contributed by atoms with van der Waals surface area (Å²) < 4.78 is 9.98. The maximum absolute atomic E-state index is 11.9. The van der Waals surface area contributed by atoms with Gasteiger partial charge in [0.25, 0.3) is 0 Å². The second kappa shape index (κ2) is 8.53. The molecule has 124 valence electrons. The lowest BCUT2D eigenvalue weighted by Crippen LogP contribution is -2.07. The second-order valence-corrected chi connectivity index (χ2v) is 4.89. The molecule has 0 unspecified atom stereocenters. The molecular formula is C19H19NO4. The molecule has 2 aromatic rings. The van der Waals surface area contributed by atoms with Crippen LogP contribution in [0, 0.1) is 0 Å². The Kier molecular flexibility index (Phi) is 6.14. The number of carbonyl (C=O) groups excluding carboxylic acids is 2. The summed E-state index contributed by atoms with van der Waals surface area (Å²) in [5.41, 5.74) is 1.96. The Morgan fingerprint density at radius 1 is 1.04 bits per heavy atom. The Hall–Kier alpha value is -3.08. The SMILES string of the molecule is CCOc1ccc(NC(=O)/C=C/c2ccc(C(=O)OC)cc2)cc1. The summed E-state index contributed by atoms with van der Waals surface area (Å²) >= 11 is 0. The van der Waals surface area contributed by atoms with Gasteiger partial charge in [-0.1, -0.05) is 12.1 Å². The monoisotopic (exact) mass is 325 g/mol. The normalized spacial score (nSPS) is 10.4. The first kappa shape index (κ1) is 17.3. The van der Waals surface area contributed by atoms with Crippen LogP contribution in [0.1, 0.15) is 22.8 Å². The van der Waals surface area contributed by atoms with Gasteiger partial charge in [0.05, 0.1) is 19.3 Å². The van der Waals surface area contributed by atoms with Crippen LogP contribution < -0.4 is 10.1 Å². The number of rotatable bonds is 6. The van der Waals surface area contributed by atoms with Crippen LogP contribution in [-0.2, 0) is 9.53 Å². The molecular weight excluding hydrogens is 306 g/mol. The topological polar surface area (TPSA) is 64.6 Å². The van der Waals surface area contributed by atoms with Gasteiger partial charge in [0, 0.05) is 11.8 Å². The van der Waals surface area contributed by atoms with E-state index in [2.05, 4.69) is 10.1 Å². The van der Waals surface area contributed by atoms with Gasteiger partial charge in [-0.05, 0) is 55.0 Å². The van der Waals surface area contributed by atoms with Crippen molar-refractivity contribution in [2.24, 2.45) is 0 Å². The number of hydrogen-bond donors (Lipinski definition) is 1. The quantitative estimate of drug-likeness (QED) is 0.652. The Morgan fingerprint density at radius 3 is 2.29 bits per heavy atom. The van der Waals surface area contributed by atoms with Crippen molar-refractivity contribution in [2.45, 2.75) is 6.92 Å². The van der Waals surface area contributed by atoms with E-state index < -0.39 is 5.97 Å². The lowest BCUT2D eigenvalue weighted by atomic mass is 10.1. The molecule has 0 bridgehead atoms. The maximum Gasteiger partial charge on any atom is 0.337 e. The first-order chi connectivity index (χ1) is 11.6. The van der Waals surface area contributed by atoms with Crippen LogP contribution in [0.25, 0.3) is 6.08 Å². The molecule has 0 atom stereocenters. The van der Waals surface area contributed by atoms with Crippen molar-refractivity contribution in [1.82, 2.24) is 0 Å². The molecule has 0 saturated carbocycles. The highest BCUT2D eigenvalue weighted by atomic mass is 16.5. The fourth-order valence-corrected chi connectivity index (χ4v) is 2.01. The molecule has 0 aromatic heterocycles. The van der Waals surface area contributed by atoms with Crippen LogP contribution >= 0.6 is 0 Å². The molecule has 1 N–H and O–H groups in total. The van der Waals surface area contributed by atoms with E-state index in [9.17, 15) is 9.59 Å². The summed E-state index contributed by atoms with van der Waals surface area (Å²) in [6, 6.07) is 13.9. The van der Waals surface area contributed by atoms with Crippen molar-refractivity contribution in [3.63, 3.8) is 0 Å². The third kappa shape index (κ3) is 4.98. The van der Waals surface area contributed by atoms with Gasteiger partial charge in [-0.3, -0.25) is 4.79 Å². The van der Waals surface area contributed by atoms with Crippen LogP contribution in [0.2, 0.25) is 0 Å². The predicted octanol–water partition coefficient (Wildman–Crippen LogP) is 3.52. The molecule has 2 rings (SSSR count). The van der Waals surface area contributed by atoms with Crippen LogP contribution in [0.4, 0.5) is 5.69 Å². The van der Waals surface area contributed by atoms with Crippen molar-refractivity contribution >= 4 is 23.6 Å². The van der Waals surface area contributed by atoms with E-state index in [1.165, 1.54) is 13.2 Å². The lowest BCUT2D eigenvalue weighted by molar-refractivity contribution is -0.111. The van der Waals surface area contributed by atoms with Crippen molar-refractivity contribution in [2.75, 3.05) is 19.0 Å². The van der Waals surface area contributed by atoms with E-state index in [0.717, 1.165) is 11.3 Å². The van der Waals surface area contributed by atoms with Crippen LogP contribution in [-0.4, -0.2) is 25.6 Å². The number of methoxy groups -OCH3 is 1. The standard InChI is InChI=1S/C19H19NO4/c1-3-24-17-11-9-16(10-12-17)20-18(21)13-6-14-4-7-15(8-5-14)19(22)23-2/h4-13H,3H2,1-2H3,(H,20,21)/b13-6+. The van der Waals surface area contributed by atoms with Crippen molar-refractivity contribution in [3.05, 3.63) is 65.7 Å². The second-order valence-electron chi connectivity index (χ2n) is 4.89. The van der Waals surface area contributed by atoms with E-state index in [4.69, 9.17) is 4.74 Å². The molecule has 0 aliphatic carbocycles. The first-order valence-electron chi connectivity index (χ1n) is 7.52. The third-order valence-electron chi connectivity index (χ3n) is 3.19. The molecule has 5 nitrogen and oxygen atoms in total. The van der Waals surface area contributed by atoms with Gasteiger partial charge in [0.2, 0.25) is 5.91 Å². The Labute approximate surface area is 140 Å². The number of hydrogen-bond acceptors (Lipinski definition) is 4. The maximum atomic E-state index is 11.9. The van der Waals surface area contributed by atoms with Crippen molar-refractivity contribution < 1.29 is 19.1 Å². The van der Waals surface area contributed by atoms with Gasteiger partial charge in [0.1, 0.15) is 5.75 Å². The Morgan fingerprint density at radius 2 is 1.71 bits per heavy atom. The summed E-state index contributed by atoms with van der Waals surface area (Å²) in [7, 11) is 1.33. The Balaban J connectivity index is 1.93. The van der Waals surface area contributed by atoms with Crippen molar-refractivity contribution in [3.8, 4) is 5.75 Å². The van der Waals surface area contributed by atoms with Gasteiger partial charge in [-0.15, -0.1) is 0 Å². The summed E-state index contributed by atoms with van der Waals surface area (Å²) in [5, 5.41) is 2.76. The molecule has 24 heavy (non-hydrogen) atoms. The van der Waals surface area contributed by atoms with E-state index >= 15 is 0 Å². The fourth-order valence-electron chi connectivity index (χ4n) is 2.01. The summed E-state index contributed by atoms with van der Waals surface area (Å²) in [4.78, 5) is 23.3. The number of ether oxygens (including phenoxy) is 2. The number of benzene rings is 2. The van der Waals surface area contributed by atoms with Gasteiger partial charge in [-0.25, -0.2) is 4.79 Å². The number of amides is 1. The highest BCUT2D eigenvalue weighted by molar-refractivity contribution is 6.02. The summed E-state index contributed by atoms with van der Waals surface area (Å²) in [5.74, 6) is 0.131. The van der Waals surface area contributed by atoms with Gasteiger partial charge >= 0.3 is 5.97 Å². The molecule has 0 heterocycles. The minimum atomic E-state index is -0.390.